The van der Waals surface area contributed by atoms with Gasteiger partial charge in [-0.2, -0.15) is 4.31 Å². The van der Waals surface area contributed by atoms with Gasteiger partial charge in [0.05, 0.1) is 30.1 Å². The first-order valence-corrected chi connectivity index (χ1v) is 15.1. The minimum absolute atomic E-state index is 0.00675. The van der Waals surface area contributed by atoms with Gasteiger partial charge in [0, 0.05) is 43.8 Å². The zero-order valence-corrected chi connectivity index (χ0v) is 23.0. The number of nitrogens with two attached hydrogens (primary N) is 1. The molecule has 14 heteroatoms. The van der Waals surface area contributed by atoms with E-state index in [1.54, 1.807) is 49.1 Å². The molecule has 4 rings (SSSR count). The average molecular weight is 562 g/mol. The van der Waals surface area contributed by atoms with Gasteiger partial charge in [-0.05, 0) is 38.1 Å². The highest BCUT2D eigenvalue weighted by atomic mass is 32.2. The van der Waals surface area contributed by atoms with Crippen molar-refractivity contribution >= 4 is 37.5 Å². The third-order valence-corrected chi connectivity index (χ3v) is 9.27. The van der Waals surface area contributed by atoms with Gasteiger partial charge in [0.1, 0.15) is 10.7 Å². The average Bonchev–Trinajstić information content (AvgIpc) is 2.87. The summed E-state index contributed by atoms with van der Waals surface area (Å²) in [6.45, 7) is 3.49. The molecular weight excluding hydrogens is 530 g/mol. The summed E-state index contributed by atoms with van der Waals surface area (Å²) in [7, 11) is -7.65. The van der Waals surface area contributed by atoms with E-state index in [9.17, 15) is 21.9 Å². The lowest BCUT2D eigenvalue weighted by atomic mass is 10.0. The van der Waals surface area contributed by atoms with Crippen molar-refractivity contribution in [2.24, 2.45) is 0 Å². The van der Waals surface area contributed by atoms with Crippen LogP contribution in [0.3, 0.4) is 0 Å². The first-order valence-electron chi connectivity index (χ1n) is 11.8. The normalized spacial score (nSPS) is 17.4. The maximum Gasteiger partial charge on any atom is 0.244 e. The number of pyridine rings is 1. The number of benzene rings is 1. The summed E-state index contributed by atoms with van der Waals surface area (Å²) < 4.78 is 55.1. The number of rotatable bonds is 8. The lowest BCUT2D eigenvalue weighted by Crippen LogP contribution is -2.59. The number of hydrogen-bond donors (Lipinski definition) is 2. The Morgan fingerprint density at radius 1 is 1.00 bits per heavy atom. The van der Waals surface area contributed by atoms with Crippen LogP contribution in [0.25, 0.3) is 0 Å². The van der Waals surface area contributed by atoms with Crippen molar-refractivity contribution in [3.8, 4) is 0 Å². The number of nitrogens with zero attached hydrogens (tertiary/aromatic N) is 6. The second kappa shape index (κ2) is 10.4. The van der Waals surface area contributed by atoms with Gasteiger partial charge in [0.15, 0.2) is 0 Å². The third-order valence-electron chi connectivity index (χ3n) is 6.27. The molecule has 0 bridgehead atoms. The van der Waals surface area contributed by atoms with Crippen molar-refractivity contribution in [1.82, 2.24) is 19.3 Å². The Morgan fingerprint density at radius 3 is 2.21 bits per heavy atom. The van der Waals surface area contributed by atoms with Crippen LogP contribution in [0, 0.1) is 0 Å². The van der Waals surface area contributed by atoms with Gasteiger partial charge < -0.3 is 15.7 Å². The molecule has 1 atom stereocenters. The van der Waals surface area contributed by atoms with Gasteiger partial charge in [-0.25, -0.2) is 31.8 Å². The summed E-state index contributed by atoms with van der Waals surface area (Å²) in [5, 5.41) is 10.3. The highest BCUT2D eigenvalue weighted by Crippen LogP contribution is 2.27. The molecule has 0 unspecified atom stereocenters. The molecule has 0 amide bonds. The summed E-state index contributed by atoms with van der Waals surface area (Å²) in [5.41, 5.74) is 5.45. The molecule has 1 aliphatic rings. The molecule has 204 valence electrons. The highest BCUT2D eigenvalue weighted by Gasteiger charge is 2.38. The second-order valence-electron chi connectivity index (χ2n) is 9.59. The fraction of sp³-hybridized carbons (Fsp3) is 0.375. The second-order valence-corrected chi connectivity index (χ2v) is 13.4. The molecule has 1 aromatic carbocycles. The smallest absolute Gasteiger partial charge is 0.244 e. The highest BCUT2D eigenvalue weighted by molar-refractivity contribution is 7.92. The number of hydrogen-bond acceptors (Lipinski definition) is 10. The Hall–Kier alpha value is -3.33. The quantitative estimate of drug-likeness (QED) is 0.406. The van der Waals surface area contributed by atoms with E-state index in [0.29, 0.717) is 17.2 Å². The minimum atomic E-state index is -3.93. The van der Waals surface area contributed by atoms with Crippen LogP contribution in [-0.2, 0) is 25.6 Å². The van der Waals surface area contributed by atoms with Crippen LogP contribution in [-0.4, -0.2) is 79.7 Å². The summed E-state index contributed by atoms with van der Waals surface area (Å²) in [4.78, 5) is 14.5. The summed E-state index contributed by atoms with van der Waals surface area (Å²) >= 11 is 0. The van der Waals surface area contributed by atoms with Crippen molar-refractivity contribution < 1.29 is 21.9 Å². The maximum atomic E-state index is 13.4. The van der Waals surface area contributed by atoms with Gasteiger partial charge in [-0.15, -0.1) is 0 Å². The van der Waals surface area contributed by atoms with Gasteiger partial charge >= 0.3 is 0 Å². The van der Waals surface area contributed by atoms with Crippen molar-refractivity contribution in [3.05, 3.63) is 66.6 Å². The van der Waals surface area contributed by atoms with Gasteiger partial charge in [-0.1, -0.05) is 18.2 Å². The third kappa shape index (κ3) is 6.04. The topological polar surface area (TPSA) is 163 Å². The molecule has 0 radical (unpaired) electrons. The Balaban J connectivity index is 1.71. The number of aromatic nitrogens is 3. The molecule has 2 aromatic heterocycles. The Bertz CT molecular complexity index is 1460. The van der Waals surface area contributed by atoms with Crippen LogP contribution in [0.4, 0.5) is 17.5 Å². The van der Waals surface area contributed by atoms with Crippen LogP contribution < -0.4 is 14.9 Å². The van der Waals surface area contributed by atoms with E-state index >= 15 is 0 Å². The molecule has 3 N–H and O–H groups in total. The molecule has 38 heavy (non-hydrogen) atoms. The molecule has 0 saturated carbocycles. The first-order chi connectivity index (χ1) is 17.8. The van der Waals surface area contributed by atoms with E-state index < -0.39 is 31.7 Å². The van der Waals surface area contributed by atoms with Crippen LogP contribution in [0.15, 0.2) is 66.0 Å². The van der Waals surface area contributed by atoms with Crippen molar-refractivity contribution in [2.75, 3.05) is 47.4 Å². The van der Waals surface area contributed by atoms with Gasteiger partial charge in [0.25, 0.3) is 0 Å². The molecule has 12 nitrogen and oxygen atoms in total. The lowest BCUT2D eigenvalue weighted by molar-refractivity contribution is 0.0778. The van der Waals surface area contributed by atoms with Crippen LogP contribution in [0.5, 0.6) is 0 Å². The maximum absolute atomic E-state index is 13.4. The zero-order valence-electron chi connectivity index (χ0n) is 21.3. The number of anilines is 3. The monoisotopic (exact) mass is 561 g/mol. The molecule has 1 fully saturated rings. The fourth-order valence-corrected chi connectivity index (χ4v) is 6.52. The molecule has 3 aromatic rings. The summed E-state index contributed by atoms with van der Waals surface area (Å²) in [6, 6.07) is 10.8. The van der Waals surface area contributed by atoms with E-state index in [0.717, 1.165) is 6.26 Å². The fourth-order valence-electron chi connectivity index (χ4n) is 4.16. The largest absolute Gasteiger partial charge is 0.386 e. The SMILES string of the molecule is CC(C)(O)c1cnc(N2CCN(S(=O)(=O)c3ccc(N)nc3)C[C@@H]2CN(c2ccccc2)S(C)(=O)=O)nc1. The van der Waals surface area contributed by atoms with E-state index in [1.165, 1.54) is 39.3 Å². The number of piperazine rings is 1. The molecule has 1 saturated heterocycles. The predicted molar refractivity (Wildman–Crippen MR) is 144 cm³/mol. The Kier molecular flexibility index (Phi) is 7.61. The van der Waals surface area contributed by atoms with Gasteiger partial charge in [0.2, 0.25) is 26.0 Å². The number of sulfonamides is 2. The van der Waals surface area contributed by atoms with Crippen molar-refractivity contribution in [3.63, 3.8) is 0 Å². The van der Waals surface area contributed by atoms with Crippen LogP contribution >= 0.6 is 0 Å². The lowest BCUT2D eigenvalue weighted by Gasteiger charge is -2.42. The number of aliphatic hydroxyl groups is 1. The predicted octanol–water partition coefficient (Wildman–Crippen LogP) is 1.03. The van der Waals surface area contributed by atoms with E-state index in [2.05, 4.69) is 15.0 Å². The van der Waals surface area contributed by atoms with Crippen LogP contribution in [0.2, 0.25) is 0 Å². The minimum Gasteiger partial charge on any atom is -0.386 e. The van der Waals surface area contributed by atoms with Crippen molar-refractivity contribution in [1.29, 1.82) is 0 Å². The Labute approximate surface area is 222 Å². The summed E-state index contributed by atoms with van der Waals surface area (Å²) in [5.74, 6) is 0.501. The molecule has 1 aliphatic heterocycles. The van der Waals surface area contributed by atoms with Crippen LogP contribution in [0.1, 0.15) is 19.4 Å². The van der Waals surface area contributed by atoms with E-state index in [4.69, 9.17) is 5.73 Å². The summed E-state index contributed by atoms with van der Waals surface area (Å²) in [6.07, 6.45) is 5.33. The molecule has 3 heterocycles. The number of nitrogen functional groups attached to an aromatic ring is 1. The standard InChI is InChI=1S/C24H31N7O5S2/c1-24(2,32)18-13-27-23(28-14-18)30-12-11-29(38(35,36)21-9-10-22(25)26-15-21)16-20(30)17-31(37(3,33)34)19-7-5-4-6-8-19/h4-10,13-15,20,32H,11-12,16-17H2,1-3H3,(H2,25,26)/t20-/m1/s1. The molecule has 0 aliphatic carbocycles. The van der Waals surface area contributed by atoms with E-state index in [-0.39, 0.29) is 36.9 Å². The molecule has 0 spiro atoms. The zero-order chi connectivity index (χ0) is 27.7. The first kappa shape index (κ1) is 27.7. The number of para-hydroxylation sites is 1. The van der Waals surface area contributed by atoms with E-state index in [1.807, 2.05) is 0 Å². The van der Waals surface area contributed by atoms with Crippen molar-refractivity contribution in [2.45, 2.75) is 30.4 Å². The molecular formula is C24H31N7O5S2. The van der Waals surface area contributed by atoms with Gasteiger partial charge in [-0.3, -0.25) is 4.31 Å². The Morgan fingerprint density at radius 2 is 1.66 bits per heavy atom.